The molecule has 2 aromatic carbocycles. The zero-order valence-electron chi connectivity index (χ0n) is 20.7. The van der Waals surface area contributed by atoms with E-state index in [2.05, 4.69) is 10.6 Å². The van der Waals surface area contributed by atoms with Crippen molar-refractivity contribution in [2.24, 2.45) is 5.92 Å². The first-order valence-corrected chi connectivity index (χ1v) is 13.5. The summed E-state index contributed by atoms with van der Waals surface area (Å²) >= 11 is 1.62. The van der Waals surface area contributed by atoms with E-state index in [1.54, 1.807) is 16.7 Å². The molecule has 0 spiro atoms. The lowest BCUT2D eigenvalue weighted by Gasteiger charge is -2.32. The van der Waals surface area contributed by atoms with Gasteiger partial charge in [0, 0.05) is 35.8 Å². The van der Waals surface area contributed by atoms with Crippen LogP contribution in [0.25, 0.3) is 0 Å². The average molecular weight is 512 g/mol. The van der Waals surface area contributed by atoms with Crippen LogP contribution in [0.2, 0.25) is 0 Å². The number of nitrogens with zero attached hydrogens (tertiary/aromatic N) is 1. The Kier molecular flexibility index (Phi) is 8.74. The Morgan fingerprint density at radius 3 is 2.47 bits per heavy atom. The minimum absolute atomic E-state index is 0.102. The Bertz CT molecular complexity index is 1100. The second-order valence-corrected chi connectivity index (χ2v) is 10.2. The summed E-state index contributed by atoms with van der Waals surface area (Å²) in [6.45, 7) is 1.06. The molecule has 2 aromatic rings. The summed E-state index contributed by atoms with van der Waals surface area (Å²) in [7, 11) is 1.41. The van der Waals surface area contributed by atoms with E-state index in [1.807, 2.05) is 48.7 Å². The third-order valence-corrected chi connectivity index (χ3v) is 7.53. The monoisotopic (exact) mass is 511 g/mol. The van der Waals surface area contributed by atoms with E-state index in [1.165, 1.54) is 7.11 Å². The molecular weight excluding hydrogens is 478 g/mol. The fraction of sp³-hybridized carbons (Fsp3) is 0.444. The molecule has 36 heavy (non-hydrogen) atoms. The van der Waals surface area contributed by atoms with E-state index in [0.29, 0.717) is 37.5 Å². The predicted molar refractivity (Wildman–Crippen MR) is 140 cm³/mol. The zero-order valence-corrected chi connectivity index (χ0v) is 21.6. The van der Waals surface area contributed by atoms with Gasteiger partial charge in [0.25, 0.3) is 0 Å². The van der Waals surface area contributed by atoms with Crippen LogP contribution in [0.1, 0.15) is 43.2 Å². The van der Waals surface area contributed by atoms with Crippen molar-refractivity contribution in [3.8, 4) is 0 Å². The predicted octanol–water partition coefficient (Wildman–Crippen LogP) is 5.67. The lowest BCUT2D eigenvalue weighted by Crippen LogP contribution is -2.39. The van der Waals surface area contributed by atoms with E-state index in [9.17, 15) is 14.4 Å². The zero-order chi connectivity index (χ0) is 25.5. The Labute approximate surface area is 216 Å². The quantitative estimate of drug-likeness (QED) is 0.383. The molecule has 0 bridgehead atoms. The van der Waals surface area contributed by atoms with Crippen molar-refractivity contribution in [1.29, 1.82) is 0 Å². The minimum atomic E-state index is -0.296. The number of methoxy groups -OCH3 is 1. The van der Waals surface area contributed by atoms with Crippen molar-refractivity contribution in [3.05, 3.63) is 53.6 Å². The molecule has 1 aliphatic heterocycles. The van der Waals surface area contributed by atoms with Crippen LogP contribution in [0.4, 0.5) is 21.0 Å². The van der Waals surface area contributed by atoms with E-state index in [-0.39, 0.29) is 24.2 Å². The van der Waals surface area contributed by atoms with Gasteiger partial charge in [0.2, 0.25) is 0 Å². The van der Waals surface area contributed by atoms with E-state index < -0.39 is 0 Å². The molecule has 9 heteroatoms. The van der Waals surface area contributed by atoms with Gasteiger partial charge in [-0.05, 0) is 85.7 Å². The van der Waals surface area contributed by atoms with Crippen LogP contribution in [-0.2, 0) is 27.2 Å². The SMILES string of the molecule is COC(=O)CC1CCC(OC(=O)N2CCc3cc(NC(=O)Nc4cccc(SC)c4)ccc3C2)CC1. The van der Waals surface area contributed by atoms with Crippen LogP contribution < -0.4 is 10.6 Å². The Balaban J connectivity index is 1.26. The average Bonchev–Trinajstić information content (AvgIpc) is 2.89. The van der Waals surface area contributed by atoms with Crippen molar-refractivity contribution in [1.82, 2.24) is 4.90 Å². The van der Waals surface area contributed by atoms with Crippen molar-refractivity contribution in [3.63, 3.8) is 0 Å². The summed E-state index contributed by atoms with van der Waals surface area (Å²) in [5.41, 5.74) is 3.62. The fourth-order valence-corrected chi connectivity index (χ4v) is 5.23. The van der Waals surface area contributed by atoms with Gasteiger partial charge in [-0.3, -0.25) is 4.79 Å². The van der Waals surface area contributed by atoms with Crippen LogP contribution >= 0.6 is 11.8 Å². The second kappa shape index (κ2) is 12.2. The number of fused-ring (bicyclic) bond motifs is 1. The van der Waals surface area contributed by atoms with Gasteiger partial charge >= 0.3 is 18.1 Å². The maximum absolute atomic E-state index is 12.8. The van der Waals surface area contributed by atoms with Gasteiger partial charge in [-0.1, -0.05) is 12.1 Å². The highest BCUT2D eigenvalue weighted by Crippen LogP contribution is 2.30. The molecule has 192 valence electrons. The number of esters is 1. The molecule has 0 radical (unpaired) electrons. The topological polar surface area (TPSA) is 97.0 Å². The number of rotatable bonds is 6. The smallest absolute Gasteiger partial charge is 0.410 e. The first kappa shape index (κ1) is 25.9. The summed E-state index contributed by atoms with van der Waals surface area (Å²) in [6.07, 6.45) is 6.01. The molecule has 4 rings (SSSR count). The van der Waals surface area contributed by atoms with Crippen LogP contribution in [0.3, 0.4) is 0 Å². The standard InChI is InChI=1S/C27H33N3O5S/c1-34-25(31)14-18-6-10-23(11-7-18)35-27(33)30-13-12-19-15-22(9-8-20(19)17-30)29-26(32)28-21-4-3-5-24(16-21)36-2/h3-5,8-9,15-16,18,23H,6-7,10-14,17H2,1-2H3,(H2,28,29,32). The van der Waals surface area contributed by atoms with Crippen molar-refractivity contribution >= 4 is 41.2 Å². The molecule has 1 heterocycles. The summed E-state index contributed by atoms with van der Waals surface area (Å²) in [6, 6.07) is 13.2. The van der Waals surface area contributed by atoms with Crippen molar-refractivity contribution in [2.75, 3.05) is 30.5 Å². The number of anilines is 2. The molecule has 1 fully saturated rings. The number of hydrogen-bond donors (Lipinski definition) is 2. The van der Waals surface area contributed by atoms with E-state index in [0.717, 1.165) is 47.4 Å². The highest BCUT2D eigenvalue weighted by Gasteiger charge is 2.29. The van der Waals surface area contributed by atoms with Crippen LogP contribution in [0, 0.1) is 5.92 Å². The van der Waals surface area contributed by atoms with Crippen molar-refractivity contribution < 1.29 is 23.9 Å². The lowest BCUT2D eigenvalue weighted by atomic mass is 9.85. The largest absolute Gasteiger partial charge is 0.469 e. The normalized spacial score (nSPS) is 19.1. The Morgan fingerprint density at radius 2 is 1.75 bits per heavy atom. The fourth-order valence-electron chi connectivity index (χ4n) is 4.77. The third kappa shape index (κ3) is 6.94. The van der Waals surface area contributed by atoms with Gasteiger partial charge in [-0.25, -0.2) is 9.59 Å². The molecule has 8 nitrogen and oxygen atoms in total. The molecule has 2 N–H and O–H groups in total. The molecule has 0 atom stereocenters. The van der Waals surface area contributed by atoms with Crippen LogP contribution in [0.15, 0.2) is 47.4 Å². The molecule has 3 amide bonds. The van der Waals surface area contributed by atoms with Gasteiger partial charge in [-0.15, -0.1) is 11.8 Å². The first-order chi connectivity index (χ1) is 17.4. The number of ether oxygens (including phenoxy) is 2. The maximum atomic E-state index is 12.8. The molecule has 1 saturated carbocycles. The van der Waals surface area contributed by atoms with Gasteiger partial charge in [0.15, 0.2) is 0 Å². The number of carbonyl (C=O) groups excluding carboxylic acids is 3. The van der Waals surface area contributed by atoms with Gasteiger partial charge in [0.05, 0.1) is 7.11 Å². The molecule has 0 saturated heterocycles. The number of benzene rings is 2. The van der Waals surface area contributed by atoms with E-state index in [4.69, 9.17) is 9.47 Å². The second-order valence-electron chi connectivity index (χ2n) is 9.27. The van der Waals surface area contributed by atoms with Gasteiger partial charge < -0.3 is 25.0 Å². The maximum Gasteiger partial charge on any atom is 0.410 e. The lowest BCUT2D eigenvalue weighted by molar-refractivity contribution is -0.142. The summed E-state index contributed by atoms with van der Waals surface area (Å²) < 4.78 is 10.5. The molecule has 0 unspecified atom stereocenters. The molecule has 0 aromatic heterocycles. The molecular formula is C27H33N3O5S. The summed E-state index contributed by atoms with van der Waals surface area (Å²) in [4.78, 5) is 39.5. The van der Waals surface area contributed by atoms with Crippen molar-refractivity contribution in [2.45, 2.75) is 56.1 Å². The highest BCUT2D eigenvalue weighted by molar-refractivity contribution is 7.98. The summed E-state index contributed by atoms with van der Waals surface area (Å²) in [5, 5.41) is 5.76. The molecule has 1 aliphatic carbocycles. The number of hydrogen-bond acceptors (Lipinski definition) is 6. The Morgan fingerprint density at radius 1 is 1.00 bits per heavy atom. The summed E-state index contributed by atoms with van der Waals surface area (Å²) in [5.74, 6) is 0.127. The minimum Gasteiger partial charge on any atom is -0.469 e. The number of thioether (sulfide) groups is 1. The third-order valence-electron chi connectivity index (χ3n) is 6.81. The van der Waals surface area contributed by atoms with E-state index >= 15 is 0 Å². The van der Waals surface area contributed by atoms with Gasteiger partial charge in [-0.2, -0.15) is 0 Å². The number of nitrogens with one attached hydrogen (secondary N) is 2. The van der Waals surface area contributed by atoms with Crippen LogP contribution in [-0.4, -0.2) is 49.0 Å². The first-order valence-electron chi connectivity index (χ1n) is 12.3. The number of carbonyl (C=O) groups is 3. The number of urea groups is 1. The number of amides is 3. The molecule has 2 aliphatic rings. The Hall–Kier alpha value is -3.20. The van der Waals surface area contributed by atoms with Gasteiger partial charge in [0.1, 0.15) is 6.10 Å². The van der Waals surface area contributed by atoms with Crippen LogP contribution in [0.5, 0.6) is 0 Å². The highest BCUT2D eigenvalue weighted by atomic mass is 32.2.